The molecule has 2 heterocycles. The molecule has 0 aliphatic carbocycles. The van der Waals surface area contributed by atoms with Crippen LogP contribution in [-0.4, -0.2) is 20.7 Å². The molecular formula is C21H14F2N4. The van der Waals surface area contributed by atoms with E-state index in [1.54, 1.807) is 31.3 Å². The minimum absolute atomic E-state index is 0.326. The highest BCUT2D eigenvalue weighted by molar-refractivity contribution is 5.99. The van der Waals surface area contributed by atoms with E-state index in [-0.39, 0.29) is 5.69 Å². The van der Waals surface area contributed by atoms with Crippen molar-refractivity contribution in [2.24, 2.45) is 4.99 Å². The highest BCUT2D eigenvalue weighted by Crippen LogP contribution is 2.23. The third kappa shape index (κ3) is 3.42. The van der Waals surface area contributed by atoms with Crippen LogP contribution >= 0.6 is 0 Å². The van der Waals surface area contributed by atoms with E-state index in [2.05, 4.69) is 19.9 Å². The van der Waals surface area contributed by atoms with Crippen LogP contribution < -0.4 is 0 Å². The van der Waals surface area contributed by atoms with E-state index in [4.69, 9.17) is 0 Å². The number of pyridine rings is 1. The van der Waals surface area contributed by atoms with Crippen molar-refractivity contribution in [1.82, 2.24) is 15.0 Å². The summed E-state index contributed by atoms with van der Waals surface area (Å²) < 4.78 is 27.7. The van der Waals surface area contributed by atoms with Gasteiger partial charge in [-0.1, -0.05) is 24.3 Å². The molecule has 0 aliphatic rings. The van der Waals surface area contributed by atoms with Crippen LogP contribution in [0.15, 0.2) is 71.9 Å². The zero-order valence-electron chi connectivity index (χ0n) is 14.4. The summed E-state index contributed by atoms with van der Waals surface area (Å²) in [6.45, 7) is 1.66. The van der Waals surface area contributed by atoms with Crippen LogP contribution in [0.25, 0.3) is 22.4 Å². The quantitative estimate of drug-likeness (QED) is 0.477. The molecule has 2 aromatic heterocycles. The summed E-state index contributed by atoms with van der Waals surface area (Å²) in [4.78, 5) is 17.6. The lowest BCUT2D eigenvalue weighted by molar-refractivity contribution is 0.587. The number of aromatic nitrogens is 3. The smallest absolute Gasteiger partial charge is 0.151 e. The van der Waals surface area contributed by atoms with Gasteiger partial charge in [0.15, 0.2) is 11.6 Å². The molecule has 0 atom stereocenters. The van der Waals surface area contributed by atoms with Crippen molar-refractivity contribution >= 4 is 22.4 Å². The van der Waals surface area contributed by atoms with Crippen molar-refractivity contribution in [1.29, 1.82) is 0 Å². The summed E-state index contributed by atoms with van der Waals surface area (Å²) in [6.07, 6.45) is 1.65. The Hall–Kier alpha value is -3.54. The van der Waals surface area contributed by atoms with Gasteiger partial charge in [0.05, 0.1) is 34.3 Å². The number of benzene rings is 2. The SMILES string of the molecule is CC(=Nc1c(F)cccc1F)c1cccc(-c2cnc3ccccc3n2)n1. The monoisotopic (exact) mass is 360 g/mol. The maximum atomic E-state index is 13.8. The van der Waals surface area contributed by atoms with Crippen LogP contribution in [0.5, 0.6) is 0 Å². The summed E-state index contributed by atoms with van der Waals surface area (Å²) >= 11 is 0. The van der Waals surface area contributed by atoms with Gasteiger partial charge in [-0.3, -0.25) is 4.98 Å². The van der Waals surface area contributed by atoms with Crippen molar-refractivity contribution < 1.29 is 8.78 Å². The van der Waals surface area contributed by atoms with E-state index in [1.807, 2.05) is 24.3 Å². The first-order valence-corrected chi connectivity index (χ1v) is 8.31. The van der Waals surface area contributed by atoms with E-state index in [1.165, 1.54) is 18.2 Å². The Bertz CT molecular complexity index is 1150. The van der Waals surface area contributed by atoms with E-state index in [0.717, 1.165) is 11.0 Å². The van der Waals surface area contributed by atoms with E-state index in [0.29, 0.717) is 22.8 Å². The molecule has 4 aromatic rings. The summed E-state index contributed by atoms with van der Waals surface area (Å²) in [5, 5.41) is 0. The van der Waals surface area contributed by atoms with E-state index in [9.17, 15) is 8.78 Å². The molecule has 4 rings (SSSR count). The lowest BCUT2D eigenvalue weighted by Gasteiger charge is -2.06. The van der Waals surface area contributed by atoms with Crippen molar-refractivity contribution in [2.45, 2.75) is 6.92 Å². The van der Waals surface area contributed by atoms with Gasteiger partial charge >= 0.3 is 0 Å². The van der Waals surface area contributed by atoms with Gasteiger partial charge in [-0.15, -0.1) is 0 Å². The largest absolute Gasteiger partial charge is 0.252 e. The molecule has 0 fully saturated rings. The molecule has 0 unspecified atom stereocenters. The zero-order valence-corrected chi connectivity index (χ0v) is 14.4. The van der Waals surface area contributed by atoms with Gasteiger partial charge in [0.25, 0.3) is 0 Å². The highest BCUT2D eigenvalue weighted by Gasteiger charge is 2.10. The Morgan fingerprint density at radius 2 is 1.48 bits per heavy atom. The van der Waals surface area contributed by atoms with Crippen LogP contribution in [0.2, 0.25) is 0 Å². The Morgan fingerprint density at radius 1 is 0.778 bits per heavy atom. The molecule has 27 heavy (non-hydrogen) atoms. The molecular weight excluding hydrogens is 346 g/mol. The molecule has 0 bridgehead atoms. The van der Waals surface area contributed by atoms with Gasteiger partial charge in [-0.25, -0.2) is 23.7 Å². The van der Waals surface area contributed by atoms with Crippen molar-refractivity contribution in [3.63, 3.8) is 0 Å². The maximum Gasteiger partial charge on any atom is 0.151 e. The number of halogens is 2. The summed E-state index contributed by atoms with van der Waals surface area (Å²) in [5.41, 5.74) is 3.35. The third-order valence-corrected chi connectivity index (χ3v) is 4.05. The second-order valence-corrected chi connectivity index (χ2v) is 5.92. The second-order valence-electron chi connectivity index (χ2n) is 5.92. The number of fused-ring (bicyclic) bond motifs is 1. The van der Waals surface area contributed by atoms with Crippen LogP contribution in [-0.2, 0) is 0 Å². The number of hydrogen-bond acceptors (Lipinski definition) is 4. The first kappa shape index (κ1) is 16.9. The molecule has 0 amide bonds. The number of rotatable bonds is 3. The average Bonchev–Trinajstić information content (AvgIpc) is 2.70. The van der Waals surface area contributed by atoms with E-state index >= 15 is 0 Å². The van der Waals surface area contributed by atoms with Crippen molar-refractivity contribution in [3.8, 4) is 11.4 Å². The highest BCUT2D eigenvalue weighted by atomic mass is 19.1. The van der Waals surface area contributed by atoms with Crippen LogP contribution in [0, 0.1) is 11.6 Å². The lowest BCUT2D eigenvalue weighted by atomic mass is 10.2. The van der Waals surface area contributed by atoms with Gasteiger partial charge in [0, 0.05) is 0 Å². The van der Waals surface area contributed by atoms with Gasteiger partial charge in [-0.2, -0.15) is 0 Å². The molecule has 6 heteroatoms. The standard InChI is InChI=1S/C21H14F2N4/c1-13(25-21-14(22)6-4-7-15(21)23)16-10-5-11-19(26-16)20-12-24-17-8-2-3-9-18(17)27-20/h2-12H,1H3. The number of nitrogens with zero attached hydrogens (tertiary/aromatic N) is 4. The fraction of sp³-hybridized carbons (Fsp3) is 0.0476. The fourth-order valence-corrected chi connectivity index (χ4v) is 2.68. The normalized spacial score (nSPS) is 11.7. The van der Waals surface area contributed by atoms with Crippen LogP contribution in [0.4, 0.5) is 14.5 Å². The number of para-hydroxylation sites is 3. The molecule has 0 saturated heterocycles. The molecule has 0 spiro atoms. The Labute approximate surface area is 154 Å². The molecule has 4 nitrogen and oxygen atoms in total. The predicted octanol–water partition coefficient (Wildman–Crippen LogP) is 5.11. The molecule has 132 valence electrons. The first-order valence-electron chi connectivity index (χ1n) is 8.31. The van der Waals surface area contributed by atoms with Gasteiger partial charge in [0.2, 0.25) is 0 Å². The summed E-state index contributed by atoms with van der Waals surface area (Å²) in [6, 6.07) is 16.5. The molecule has 0 N–H and O–H groups in total. The fourth-order valence-electron chi connectivity index (χ4n) is 2.68. The molecule has 0 saturated carbocycles. The Morgan fingerprint density at radius 3 is 2.26 bits per heavy atom. The van der Waals surface area contributed by atoms with E-state index < -0.39 is 11.6 Å². The minimum Gasteiger partial charge on any atom is -0.252 e. The van der Waals surface area contributed by atoms with Gasteiger partial charge in [-0.05, 0) is 43.3 Å². The summed E-state index contributed by atoms with van der Waals surface area (Å²) in [5.74, 6) is -1.43. The molecule has 0 aliphatic heterocycles. The number of aliphatic imine (C=N–C) groups is 1. The van der Waals surface area contributed by atoms with Gasteiger partial charge < -0.3 is 0 Å². The van der Waals surface area contributed by atoms with Crippen LogP contribution in [0.1, 0.15) is 12.6 Å². The van der Waals surface area contributed by atoms with Crippen molar-refractivity contribution in [2.75, 3.05) is 0 Å². The Balaban J connectivity index is 1.74. The van der Waals surface area contributed by atoms with Crippen molar-refractivity contribution in [3.05, 3.63) is 84.2 Å². The van der Waals surface area contributed by atoms with Crippen LogP contribution in [0.3, 0.4) is 0 Å². The predicted molar refractivity (Wildman–Crippen MR) is 101 cm³/mol. The topological polar surface area (TPSA) is 51.0 Å². The molecule has 2 aromatic carbocycles. The third-order valence-electron chi connectivity index (χ3n) is 4.05. The minimum atomic E-state index is -0.717. The average molecular weight is 360 g/mol. The summed E-state index contributed by atoms with van der Waals surface area (Å²) in [7, 11) is 0. The number of hydrogen-bond donors (Lipinski definition) is 0. The maximum absolute atomic E-state index is 13.8. The van der Waals surface area contributed by atoms with Gasteiger partial charge in [0.1, 0.15) is 11.4 Å². The first-order chi connectivity index (χ1) is 13.1. The molecule has 0 radical (unpaired) electrons. The Kier molecular flexibility index (Phi) is 4.38. The zero-order chi connectivity index (χ0) is 18.8. The second kappa shape index (κ2) is 6.99. The lowest BCUT2D eigenvalue weighted by Crippen LogP contribution is -2.01.